The molecule has 8 aliphatic rings. The molecule has 3 saturated carbocycles. The summed E-state index contributed by atoms with van der Waals surface area (Å²) in [5.41, 5.74) is 8.81. The Morgan fingerprint density at radius 3 is 1.15 bits per heavy atom. The number of piperidine rings is 5. The van der Waals surface area contributed by atoms with Gasteiger partial charge in [0.1, 0.15) is 34.1 Å². The minimum Gasteiger partial charge on any atom is -0.444 e. The first-order valence-electron chi connectivity index (χ1n) is 33.8. The van der Waals surface area contributed by atoms with Crippen molar-refractivity contribution >= 4 is 54.4 Å². The van der Waals surface area contributed by atoms with Crippen LogP contribution in [0.3, 0.4) is 0 Å². The van der Waals surface area contributed by atoms with E-state index in [-0.39, 0.29) is 81.6 Å². The van der Waals surface area contributed by atoms with Crippen LogP contribution in [-0.2, 0) is 39.4 Å². The van der Waals surface area contributed by atoms with Gasteiger partial charge in [-0.05, 0) is 206 Å². The van der Waals surface area contributed by atoms with Gasteiger partial charge in [-0.25, -0.2) is 24.0 Å². The Kier molecular flexibility index (Phi) is 26.7. The van der Waals surface area contributed by atoms with Gasteiger partial charge in [-0.2, -0.15) is 15.2 Å². The molecule has 0 radical (unpaired) electrons. The lowest BCUT2D eigenvalue weighted by Gasteiger charge is -2.38. The molecule has 4 amide bonds. The van der Waals surface area contributed by atoms with E-state index in [2.05, 4.69) is 55.8 Å². The summed E-state index contributed by atoms with van der Waals surface area (Å²) in [6, 6.07) is 2.31. The predicted octanol–water partition coefficient (Wildman–Crippen LogP) is 11.8. The number of amides is 4. The van der Waals surface area contributed by atoms with Gasteiger partial charge in [-0.15, -0.1) is 12.4 Å². The maximum atomic E-state index is 12.1. The van der Waals surface area contributed by atoms with Crippen LogP contribution in [0.4, 0.5) is 19.2 Å². The third-order valence-electron chi connectivity index (χ3n) is 18.4. The SMILES string of the molecule is CC(C)(C)OC(=O)N1CCC(C)(/C(N)=N/O)CC1.CC(C)(C)OC(=O)N1CCC(C)(/C(N)=N/OC(=O)C2CC2)CC1.CC(C)(C)OC(=O)N1CCC(C)(c2noc(C3CC3)n2)CC1.CC1(C#N)CCN(C(=O)OC(C)(C)C)CC1.CC1(c2noc(C3CC3)n2)CCNCC1.Cl. The van der Waals surface area contributed by atoms with Crippen LogP contribution in [0.5, 0.6) is 0 Å². The van der Waals surface area contributed by atoms with E-state index < -0.39 is 22.4 Å². The number of oxime groups is 2. The first-order valence-corrected chi connectivity index (χ1v) is 33.8. The number of carbonyl (C=O) groups is 5. The van der Waals surface area contributed by atoms with E-state index >= 15 is 0 Å². The van der Waals surface area contributed by atoms with Crippen LogP contribution in [0.1, 0.15) is 256 Å². The van der Waals surface area contributed by atoms with E-state index in [1.807, 2.05) is 104 Å². The lowest BCUT2D eigenvalue weighted by Crippen LogP contribution is -2.48. The van der Waals surface area contributed by atoms with E-state index in [0.717, 1.165) is 101 Å². The molecule has 8 fully saturated rings. The van der Waals surface area contributed by atoms with Crippen molar-refractivity contribution in [2.24, 2.45) is 43.9 Å². The summed E-state index contributed by atoms with van der Waals surface area (Å²) in [5.74, 6) is 4.64. The number of nitrogens with one attached hydrogen (secondary N) is 1. The predicted molar refractivity (Wildman–Crippen MR) is 359 cm³/mol. The number of ether oxygens (including phenoxy) is 4. The van der Waals surface area contributed by atoms with Crippen molar-refractivity contribution in [2.75, 3.05) is 65.4 Å². The first-order chi connectivity index (χ1) is 43.6. The molecule has 536 valence electrons. The van der Waals surface area contributed by atoms with E-state index in [0.29, 0.717) is 95.7 Å². The molecule has 5 saturated heterocycles. The number of aromatic nitrogens is 4. The standard InChI is InChI=1S/C16H27N3O4.C16H25N3O3.C12H23N3O3.C12H20N2O2.C11H17N3O.ClH/c1-15(2,3)22-14(21)19-9-7-16(4,8-10-19)13(17)18-23-12(20)11-5-6-11;1-15(2,3)21-14(20)19-9-7-16(4,8-10-19)13-17-12(22-18-13)11-5-6-11;1-11(2,3)18-10(16)15-7-5-12(4,6-8-15)9(13)14-17;1-11(2,3)16-10(15)14-7-5-12(4,9-13)6-8-14;1-11(4-6-12-7-5-11)10-13-9(15-14-10)8-2-3-8;/h11H,5-10H2,1-4H3,(H2,17,18);11H,5-10H2,1-4H3;17H,5-8H2,1-4H3,(H2,13,14);5-8H2,1-4H3;8,12H,2-7H2,1H3;1H. The number of carbonyl (C=O) groups excluding carboxylic acids is 5. The lowest BCUT2D eigenvalue weighted by atomic mass is 9.79. The molecule has 7 heterocycles. The van der Waals surface area contributed by atoms with Crippen molar-refractivity contribution in [3.63, 3.8) is 0 Å². The average molecular weight is 1360 g/mol. The number of hydrogen-bond acceptors (Lipinski definition) is 21. The van der Waals surface area contributed by atoms with Crippen LogP contribution in [0.15, 0.2) is 19.4 Å². The maximum Gasteiger partial charge on any atom is 0.410 e. The molecular weight excluding hydrogens is 1240 g/mol. The molecule has 28 heteroatoms. The monoisotopic (exact) mass is 1360 g/mol. The highest BCUT2D eigenvalue weighted by molar-refractivity contribution is 5.87. The van der Waals surface area contributed by atoms with Crippen LogP contribution in [-0.4, -0.2) is 175 Å². The Labute approximate surface area is 569 Å². The summed E-state index contributed by atoms with van der Waals surface area (Å²) in [5, 5.41) is 36.3. The highest BCUT2D eigenvalue weighted by atomic mass is 35.5. The van der Waals surface area contributed by atoms with E-state index in [1.54, 1.807) is 19.6 Å². The average Bonchev–Trinajstić information content (AvgIpc) is 1.66. The lowest BCUT2D eigenvalue weighted by molar-refractivity contribution is -0.145. The third-order valence-corrected chi connectivity index (χ3v) is 18.4. The summed E-state index contributed by atoms with van der Waals surface area (Å²) in [6.07, 6.45) is 13.4. The second-order valence-electron chi connectivity index (χ2n) is 32.1. The van der Waals surface area contributed by atoms with Crippen molar-refractivity contribution in [3.8, 4) is 6.07 Å². The minimum atomic E-state index is -0.505. The second-order valence-corrected chi connectivity index (χ2v) is 32.1. The van der Waals surface area contributed by atoms with Crippen molar-refractivity contribution in [2.45, 2.75) is 266 Å². The highest BCUT2D eigenvalue weighted by Crippen LogP contribution is 2.43. The van der Waals surface area contributed by atoms with Gasteiger partial charge in [0.15, 0.2) is 11.6 Å². The normalized spacial score (nSPS) is 21.6. The molecule has 0 atom stereocenters. The third kappa shape index (κ3) is 24.7. The second kappa shape index (κ2) is 32.1. The molecule has 27 nitrogen and oxygen atoms in total. The zero-order chi connectivity index (χ0) is 69.9. The minimum absolute atomic E-state index is 0. The number of hydrogen-bond donors (Lipinski definition) is 4. The quantitative estimate of drug-likeness (QED) is 0.0476. The van der Waals surface area contributed by atoms with Gasteiger partial charge in [0.05, 0.1) is 17.4 Å². The van der Waals surface area contributed by atoms with Crippen LogP contribution < -0.4 is 16.8 Å². The summed E-state index contributed by atoms with van der Waals surface area (Å²) in [7, 11) is 0. The molecular formula is C67H113ClN14O13. The molecule has 2 aromatic heterocycles. The van der Waals surface area contributed by atoms with Crippen LogP contribution >= 0.6 is 12.4 Å². The van der Waals surface area contributed by atoms with E-state index in [1.165, 1.54) is 12.8 Å². The topological polar surface area (TPSA) is 355 Å². The number of nitrogens with zero attached hydrogens (tertiary/aromatic N) is 11. The summed E-state index contributed by atoms with van der Waals surface area (Å²) >= 11 is 0. The van der Waals surface area contributed by atoms with Crippen LogP contribution in [0, 0.1) is 33.5 Å². The van der Waals surface area contributed by atoms with E-state index in [4.69, 9.17) is 54.8 Å². The smallest absolute Gasteiger partial charge is 0.410 e. The molecule has 5 aliphatic heterocycles. The summed E-state index contributed by atoms with van der Waals surface area (Å²) in [6.45, 7) is 39.4. The van der Waals surface area contributed by atoms with Gasteiger partial charge in [0.25, 0.3) is 0 Å². The Hall–Kier alpha value is -6.69. The van der Waals surface area contributed by atoms with Crippen LogP contribution in [0.25, 0.3) is 0 Å². The van der Waals surface area contributed by atoms with Gasteiger partial charge in [0, 0.05) is 85.9 Å². The summed E-state index contributed by atoms with van der Waals surface area (Å²) in [4.78, 5) is 80.1. The van der Waals surface area contributed by atoms with Gasteiger partial charge >= 0.3 is 30.3 Å². The molecule has 0 unspecified atom stereocenters. The molecule has 10 rings (SSSR count). The van der Waals surface area contributed by atoms with Gasteiger partial charge in [-0.1, -0.05) is 48.3 Å². The zero-order valence-electron chi connectivity index (χ0n) is 59.9. The Morgan fingerprint density at radius 2 is 0.842 bits per heavy atom. The molecule has 0 spiro atoms. The van der Waals surface area contributed by atoms with Gasteiger partial charge in [0.2, 0.25) is 11.8 Å². The number of nitriles is 1. The van der Waals surface area contributed by atoms with E-state index in [9.17, 15) is 24.0 Å². The summed E-state index contributed by atoms with van der Waals surface area (Å²) < 4.78 is 32.1. The largest absolute Gasteiger partial charge is 0.444 e. The fourth-order valence-electron chi connectivity index (χ4n) is 10.8. The molecule has 6 N–H and O–H groups in total. The first kappa shape index (κ1) is 79.0. The van der Waals surface area contributed by atoms with Crippen molar-refractivity contribution in [1.29, 1.82) is 5.26 Å². The van der Waals surface area contributed by atoms with Crippen LogP contribution in [0.2, 0.25) is 0 Å². The van der Waals surface area contributed by atoms with Crippen molar-refractivity contribution in [1.82, 2.24) is 45.2 Å². The fraction of sp³-hybridized carbons (Fsp3) is 0.821. The number of rotatable bonds is 8. The zero-order valence-corrected chi connectivity index (χ0v) is 60.8. The number of likely N-dealkylation sites (tertiary alicyclic amines) is 4. The van der Waals surface area contributed by atoms with Gasteiger partial charge in [-0.3, -0.25) is 0 Å². The Balaban J connectivity index is 0.000000216. The Bertz CT molecular complexity index is 2960. The maximum absolute atomic E-state index is 12.1. The molecule has 2 aromatic rings. The highest BCUT2D eigenvalue weighted by Gasteiger charge is 2.43. The van der Waals surface area contributed by atoms with Crippen molar-refractivity contribution < 1.29 is 62.0 Å². The number of amidine groups is 2. The fourth-order valence-corrected chi connectivity index (χ4v) is 10.8. The number of nitrogens with two attached hydrogens (primary N) is 2. The molecule has 0 aromatic carbocycles. The van der Waals surface area contributed by atoms with Crippen molar-refractivity contribution in [3.05, 3.63) is 23.4 Å². The number of halogens is 1. The molecule has 95 heavy (non-hydrogen) atoms. The van der Waals surface area contributed by atoms with Gasteiger partial charge < -0.3 is 74.4 Å². The molecule has 0 bridgehead atoms. The molecule has 3 aliphatic carbocycles. The Morgan fingerprint density at radius 1 is 0.526 bits per heavy atom.